The maximum atomic E-state index is 13.8. The molecule has 10 nitrogen and oxygen atoms in total. The number of H-pyrrole nitrogens is 1. The molecule has 2 aromatic rings. The van der Waals surface area contributed by atoms with Crippen LogP contribution in [-0.2, 0) is 26.0 Å². The van der Waals surface area contributed by atoms with Crippen molar-refractivity contribution in [2.45, 2.75) is 35.9 Å². The van der Waals surface area contributed by atoms with Gasteiger partial charge in [0, 0.05) is 25.7 Å². The third-order valence-electron chi connectivity index (χ3n) is 5.97. The third-order valence-corrected chi connectivity index (χ3v) is 7.96. The van der Waals surface area contributed by atoms with Crippen LogP contribution in [-0.4, -0.2) is 78.4 Å². The predicted octanol–water partition coefficient (Wildman–Crippen LogP) is 0.350. The molecule has 2 aliphatic heterocycles. The molecule has 1 aromatic carbocycles. The minimum atomic E-state index is -4.06. The third kappa shape index (κ3) is 3.84. The zero-order chi connectivity index (χ0) is 22.2. The van der Waals surface area contributed by atoms with Crippen molar-refractivity contribution in [3.05, 3.63) is 48.0 Å². The van der Waals surface area contributed by atoms with Gasteiger partial charge in [0.2, 0.25) is 15.9 Å². The van der Waals surface area contributed by atoms with E-state index in [1.54, 1.807) is 6.20 Å². The van der Waals surface area contributed by atoms with Gasteiger partial charge in [0.15, 0.2) is 0 Å². The number of sulfonamides is 1. The van der Waals surface area contributed by atoms with Gasteiger partial charge in [-0.05, 0) is 44.2 Å². The second-order valence-electron chi connectivity index (χ2n) is 7.92. The number of carbonyl (C=O) groups is 2. The predicted molar refractivity (Wildman–Crippen MR) is 110 cm³/mol. The molecule has 2 N–H and O–H groups in total. The number of ether oxygens (including phenoxy) is 1. The Hall–Kier alpha value is -2.76. The normalized spacial score (nSPS) is 21.9. The number of hydrogen-bond acceptors (Lipinski definition) is 7. The fourth-order valence-electron chi connectivity index (χ4n) is 4.27. The fourth-order valence-corrected chi connectivity index (χ4v) is 6.18. The Morgan fingerprint density at radius 2 is 1.94 bits per heavy atom. The molecular formula is C20H25N5O5S. The molecule has 31 heavy (non-hydrogen) atoms. The van der Waals surface area contributed by atoms with Gasteiger partial charge in [-0.2, -0.15) is 4.31 Å². The van der Waals surface area contributed by atoms with Crippen LogP contribution in [0, 0.1) is 0 Å². The lowest BCUT2D eigenvalue weighted by molar-refractivity contribution is -0.121. The summed E-state index contributed by atoms with van der Waals surface area (Å²) >= 11 is 0. The summed E-state index contributed by atoms with van der Waals surface area (Å²) in [5.41, 5.74) is -0.143. The number of amides is 1. The van der Waals surface area contributed by atoms with Crippen LogP contribution in [0.4, 0.5) is 0 Å². The van der Waals surface area contributed by atoms with Gasteiger partial charge < -0.3 is 19.9 Å². The first-order valence-corrected chi connectivity index (χ1v) is 11.4. The molecule has 1 spiro atoms. The second kappa shape index (κ2) is 8.06. The Balaban J connectivity index is 1.75. The van der Waals surface area contributed by atoms with Crippen LogP contribution in [0.5, 0.6) is 0 Å². The number of imidazole rings is 1. The van der Waals surface area contributed by atoms with Gasteiger partial charge in [-0.25, -0.2) is 18.2 Å². The summed E-state index contributed by atoms with van der Waals surface area (Å²) in [7, 11) is -0.828. The molecule has 1 unspecified atom stereocenters. The van der Waals surface area contributed by atoms with E-state index in [4.69, 9.17) is 0 Å². The van der Waals surface area contributed by atoms with Crippen LogP contribution in [0.2, 0.25) is 0 Å². The van der Waals surface area contributed by atoms with Crippen molar-refractivity contribution in [1.29, 1.82) is 0 Å². The van der Waals surface area contributed by atoms with E-state index < -0.39 is 27.7 Å². The van der Waals surface area contributed by atoms with E-state index in [1.165, 1.54) is 42.0 Å². The van der Waals surface area contributed by atoms with E-state index in [0.717, 1.165) is 0 Å². The van der Waals surface area contributed by atoms with E-state index in [0.29, 0.717) is 31.6 Å². The van der Waals surface area contributed by atoms with Crippen molar-refractivity contribution in [3.63, 3.8) is 0 Å². The largest absolute Gasteiger partial charge is 0.465 e. The Labute approximate surface area is 180 Å². The number of likely N-dealkylation sites (tertiary alicyclic amines) is 1. The lowest BCUT2D eigenvalue weighted by atomic mass is 9.98. The van der Waals surface area contributed by atoms with Crippen molar-refractivity contribution in [1.82, 2.24) is 24.5 Å². The lowest BCUT2D eigenvalue weighted by Gasteiger charge is -2.43. The molecule has 2 fully saturated rings. The van der Waals surface area contributed by atoms with Gasteiger partial charge in [0.1, 0.15) is 11.7 Å². The first kappa shape index (κ1) is 21.5. The zero-order valence-corrected chi connectivity index (χ0v) is 18.2. The first-order valence-electron chi connectivity index (χ1n) is 9.98. The molecule has 0 bridgehead atoms. The minimum absolute atomic E-state index is 0.0157. The molecule has 0 radical (unpaired) electrons. The van der Waals surface area contributed by atoms with E-state index >= 15 is 0 Å². The molecule has 0 aliphatic carbocycles. The number of nitrogens with zero attached hydrogens (tertiary/aromatic N) is 3. The zero-order valence-electron chi connectivity index (χ0n) is 17.4. The standard InChI is InChI=1S/C20H25N5O5S/c1-24-9-7-20(8-10-24)23-18(26)17(11-15-12-21-13-22-15)25(20)31(28,29)16-5-3-14(4-6-16)19(27)30-2/h3-6,12-13,17H,7-11H2,1-2H3,(H,21,22)(H,23,26). The summed E-state index contributed by atoms with van der Waals surface area (Å²) < 4.78 is 33.6. The maximum absolute atomic E-state index is 13.8. The molecule has 3 heterocycles. The molecular weight excluding hydrogens is 422 g/mol. The second-order valence-corrected chi connectivity index (χ2v) is 9.74. The van der Waals surface area contributed by atoms with E-state index in [2.05, 4.69) is 24.9 Å². The minimum Gasteiger partial charge on any atom is -0.465 e. The Bertz CT molecular complexity index is 1060. The van der Waals surface area contributed by atoms with E-state index in [9.17, 15) is 18.0 Å². The fraction of sp³-hybridized carbons (Fsp3) is 0.450. The molecule has 11 heteroatoms. The number of aromatic amines is 1. The van der Waals surface area contributed by atoms with Gasteiger partial charge in [-0.3, -0.25) is 4.79 Å². The van der Waals surface area contributed by atoms with Crippen molar-refractivity contribution >= 4 is 21.9 Å². The molecule has 1 amide bonds. The highest BCUT2D eigenvalue weighted by Crippen LogP contribution is 2.38. The van der Waals surface area contributed by atoms with Crippen LogP contribution < -0.4 is 5.32 Å². The van der Waals surface area contributed by atoms with Gasteiger partial charge in [-0.1, -0.05) is 0 Å². The number of hydrogen-bond donors (Lipinski definition) is 2. The van der Waals surface area contributed by atoms with Gasteiger partial charge in [0.25, 0.3) is 0 Å². The average Bonchev–Trinajstić information content (AvgIpc) is 3.37. The maximum Gasteiger partial charge on any atom is 0.337 e. The quantitative estimate of drug-likeness (QED) is 0.634. The van der Waals surface area contributed by atoms with Gasteiger partial charge in [0.05, 0.1) is 29.6 Å². The highest BCUT2D eigenvalue weighted by Gasteiger charge is 2.57. The van der Waals surface area contributed by atoms with Gasteiger partial charge >= 0.3 is 5.97 Å². The van der Waals surface area contributed by atoms with Crippen LogP contribution in [0.25, 0.3) is 0 Å². The summed E-state index contributed by atoms with van der Waals surface area (Å²) in [6.07, 6.45) is 4.27. The Morgan fingerprint density at radius 1 is 1.26 bits per heavy atom. The van der Waals surface area contributed by atoms with Crippen LogP contribution in [0.1, 0.15) is 28.9 Å². The number of aromatic nitrogens is 2. The number of methoxy groups -OCH3 is 1. The number of carbonyl (C=O) groups excluding carboxylic acids is 2. The number of rotatable bonds is 5. The number of piperidine rings is 1. The average molecular weight is 448 g/mol. The SMILES string of the molecule is COC(=O)c1ccc(S(=O)(=O)N2C(Cc3c[nH]cn3)C(=O)NC23CCN(C)CC3)cc1. The molecule has 0 saturated carbocycles. The molecule has 1 atom stereocenters. The Kier molecular flexibility index (Phi) is 5.58. The van der Waals surface area contributed by atoms with Crippen molar-refractivity contribution < 1.29 is 22.7 Å². The van der Waals surface area contributed by atoms with Crippen LogP contribution in [0.3, 0.4) is 0 Å². The Morgan fingerprint density at radius 3 is 2.52 bits per heavy atom. The summed E-state index contributed by atoms with van der Waals surface area (Å²) in [6, 6.07) is 4.65. The molecule has 1 aromatic heterocycles. The molecule has 4 rings (SSSR count). The van der Waals surface area contributed by atoms with E-state index in [-0.39, 0.29) is 22.8 Å². The van der Waals surface area contributed by atoms with Crippen molar-refractivity contribution in [2.75, 3.05) is 27.2 Å². The molecule has 2 aliphatic rings. The van der Waals surface area contributed by atoms with Crippen molar-refractivity contribution in [3.8, 4) is 0 Å². The number of benzene rings is 1. The summed E-state index contributed by atoms with van der Waals surface area (Å²) in [5, 5.41) is 2.99. The highest BCUT2D eigenvalue weighted by atomic mass is 32.2. The summed E-state index contributed by atoms with van der Waals surface area (Å²) in [5.74, 6) is -0.882. The number of nitrogens with one attached hydrogen (secondary N) is 2. The van der Waals surface area contributed by atoms with Crippen molar-refractivity contribution in [2.24, 2.45) is 0 Å². The first-order chi connectivity index (χ1) is 14.8. The topological polar surface area (TPSA) is 125 Å². The van der Waals surface area contributed by atoms with Gasteiger partial charge in [-0.15, -0.1) is 0 Å². The smallest absolute Gasteiger partial charge is 0.337 e. The molecule has 166 valence electrons. The lowest BCUT2D eigenvalue weighted by Crippen LogP contribution is -2.60. The van der Waals surface area contributed by atoms with Crippen LogP contribution >= 0.6 is 0 Å². The number of esters is 1. The summed E-state index contributed by atoms with van der Waals surface area (Å²) in [4.78, 5) is 33.9. The van der Waals surface area contributed by atoms with Crippen LogP contribution in [0.15, 0.2) is 41.7 Å². The van der Waals surface area contributed by atoms with E-state index in [1.807, 2.05) is 7.05 Å². The molecule has 2 saturated heterocycles. The monoisotopic (exact) mass is 447 g/mol. The highest BCUT2D eigenvalue weighted by molar-refractivity contribution is 7.89. The summed E-state index contributed by atoms with van der Waals surface area (Å²) in [6.45, 7) is 1.31.